The molecule has 3 heteroatoms. The SMILES string of the molecule is OC/C=C/[C@H](CBr)OCc1ccccc1. The van der Waals surface area contributed by atoms with Gasteiger partial charge in [0.15, 0.2) is 0 Å². The van der Waals surface area contributed by atoms with Gasteiger partial charge in [0.25, 0.3) is 0 Å². The average molecular weight is 271 g/mol. The number of aliphatic hydroxyl groups is 1. The van der Waals surface area contributed by atoms with Crippen LogP contribution in [0.1, 0.15) is 5.56 Å². The first-order valence-corrected chi connectivity index (χ1v) is 5.98. The zero-order valence-electron chi connectivity index (χ0n) is 8.47. The predicted molar refractivity (Wildman–Crippen MR) is 65.0 cm³/mol. The molecule has 0 radical (unpaired) electrons. The van der Waals surface area contributed by atoms with Gasteiger partial charge in [-0.3, -0.25) is 0 Å². The number of hydrogen-bond donors (Lipinski definition) is 1. The molecule has 82 valence electrons. The van der Waals surface area contributed by atoms with Gasteiger partial charge in [-0.25, -0.2) is 0 Å². The summed E-state index contributed by atoms with van der Waals surface area (Å²) in [7, 11) is 0. The number of alkyl halides is 1. The van der Waals surface area contributed by atoms with E-state index in [4.69, 9.17) is 9.84 Å². The van der Waals surface area contributed by atoms with Crippen LogP contribution in [0.5, 0.6) is 0 Å². The van der Waals surface area contributed by atoms with Crippen molar-refractivity contribution in [1.82, 2.24) is 0 Å². The first-order valence-electron chi connectivity index (χ1n) is 4.86. The van der Waals surface area contributed by atoms with Crippen LogP contribution in [0.2, 0.25) is 0 Å². The largest absolute Gasteiger partial charge is 0.392 e. The molecule has 0 unspecified atom stereocenters. The standard InChI is InChI=1S/C12H15BrO2/c13-9-12(7-4-8-14)15-10-11-5-2-1-3-6-11/h1-7,12,14H,8-10H2/b7-4+/t12-/m1/s1. The fourth-order valence-electron chi connectivity index (χ4n) is 1.14. The first-order chi connectivity index (χ1) is 7.36. The quantitative estimate of drug-likeness (QED) is 0.636. The van der Waals surface area contributed by atoms with Crippen LogP contribution < -0.4 is 0 Å². The lowest BCUT2D eigenvalue weighted by molar-refractivity contribution is 0.0873. The third-order valence-electron chi connectivity index (χ3n) is 1.92. The fourth-order valence-corrected chi connectivity index (χ4v) is 1.54. The molecule has 1 aromatic carbocycles. The number of aliphatic hydroxyl groups excluding tert-OH is 1. The van der Waals surface area contributed by atoms with Crippen molar-refractivity contribution in [3.05, 3.63) is 48.0 Å². The molecule has 2 nitrogen and oxygen atoms in total. The van der Waals surface area contributed by atoms with Gasteiger partial charge in [-0.05, 0) is 5.56 Å². The summed E-state index contributed by atoms with van der Waals surface area (Å²) in [6.07, 6.45) is 3.56. The third-order valence-corrected chi connectivity index (χ3v) is 2.55. The van der Waals surface area contributed by atoms with Gasteiger partial charge < -0.3 is 9.84 Å². The predicted octanol–water partition coefficient (Wildman–Crippen LogP) is 2.52. The highest BCUT2D eigenvalue weighted by molar-refractivity contribution is 9.09. The van der Waals surface area contributed by atoms with Gasteiger partial charge in [0.05, 0.1) is 19.3 Å². The third kappa shape index (κ3) is 5.11. The molecule has 1 aromatic rings. The van der Waals surface area contributed by atoms with Gasteiger partial charge in [-0.1, -0.05) is 58.4 Å². The molecular weight excluding hydrogens is 256 g/mol. The van der Waals surface area contributed by atoms with Crippen LogP contribution in [-0.4, -0.2) is 23.1 Å². The van der Waals surface area contributed by atoms with Crippen LogP contribution in [0.4, 0.5) is 0 Å². The van der Waals surface area contributed by atoms with Crippen molar-refractivity contribution in [2.75, 3.05) is 11.9 Å². The second-order valence-corrected chi connectivity index (χ2v) is 3.75. The molecule has 0 amide bonds. The Morgan fingerprint density at radius 3 is 2.67 bits per heavy atom. The molecule has 0 aromatic heterocycles. The Bertz CT molecular complexity index is 285. The van der Waals surface area contributed by atoms with Gasteiger partial charge in [-0.15, -0.1) is 0 Å². The minimum Gasteiger partial charge on any atom is -0.392 e. The van der Waals surface area contributed by atoms with Crippen molar-refractivity contribution < 1.29 is 9.84 Å². The lowest BCUT2D eigenvalue weighted by atomic mass is 10.2. The van der Waals surface area contributed by atoms with Gasteiger partial charge in [-0.2, -0.15) is 0 Å². The van der Waals surface area contributed by atoms with E-state index < -0.39 is 0 Å². The molecule has 0 heterocycles. The summed E-state index contributed by atoms with van der Waals surface area (Å²) in [6.45, 7) is 0.644. The number of benzene rings is 1. The summed E-state index contributed by atoms with van der Waals surface area (Å²) in [6, 6.07) is 10.0. The van der Waals surface area contributed by atoms with Crippen molar-refractivity contribution >= 4 is 15.9 Å². The maximum absolute atomic E-state index is 8.64. The molecule has 0 fully saturated rings. The lowest BCUT2D eigenvalue weighted by Crippen LogP contribution is -2.11. The topological polar surface area (TPSA) is 29.5 Å². The monoisotopic (exact) mass is 270 g/mol. The number of hydrogen-bond acceptors (Lipinski definition) is 2. The molecule has 0 spiro atoms. The minimum atomic E-state index is 0.0114. The van der Waals surface area contributed by atoms with Crippen LogP contribution in [0, 0.1) is 0 Å². The Kier molecular flexibility index (Phi) is 6.32. The van der Waals surface area contributed by atoms with E-state index in [0.29, 0.717) is 6.61 Å². The van der Waals surface area contributed by atoms with E-state index in [2.05, 4.69) is 15.9 Å². The van der Waals surface area contributed by atoms with E-state index in [1.54, 1.807) is 6.08 Å². The van der Waals surface area contributed by atoms with Crippen LogP contribution in [0.3, 0.4) is 0 Å². The summed E-state index contributed by atoms with van der Waals surface area (Å²) in [5.41, 5.74) is 1.15. The Hall–Kier alpha value is -0.640. The molecular formula is C12H15BrO2. The number of halogens is 1. The second kappa shape index (κ2) is 7.63. The molecule has 15 heavy (non-hydrogen) atoms. The van der Waals surface area contributed by atoms with Crippen molar-refractivity contribution in [2.45, 2.75) is 12.7 Å². The lowest BCUT2D eigenvalue weighted by Gasteiger charge is -2.10. The Labute approximate surface area is 98.7 Å². The smallest absolute Gasteiger partial charge is 0.0857 e. The Morgan fingerprint density at radius 2 is 2.07 bits per heavy atom. The van der Waals surface area contributed by atoms with E-state index in [9.17, 15) is 0 Å². The van der Waals surface area contributed by atoms with E-state index >= 15 is 0 Å². The van der Waals surface area contributed by atoms with Gasteiger partial charge in [0, 0.05) is 5.33 Å². The molecule has 1 N–H and O–H groups in total. The molecule has 0 aliphatic carbocycles. The maximum Gasteiger partial charge on any atom is 0.0857 e. The van der Waals surface area contributed by atoms with Crippen LogP contribution in [0.15, 0.2) is 42.5 Å². The van der Waals surface area contributed by atoms with Gasteiger partial charge in [0.2, 0.25) is 0 Å². The minimum absolute atomic E-state index is 0.0114. The molecule has 0 saturated carbocycles. The summed E-state index contributed by atoms with van der Waals surface area (Å²) >= 11 is 3.36. The fraction of sp³-hybridized carbons (Fsp3) is 0.333. The Balaban J connectivity index is 2.37. The van der Waals surface area contributed by atoms with Gasteiger partial charge in [0.1, 0.15) is 0 Å². The maximum atomic E-state index is 8.64. The van der Waals surface area contributed by atoms with Crippen molar-refractivity contribution in [3.63, 3.8) is 0 Å². The molecule has 1 atom stereocenters. The van der Waals surface area contributed by atoms with Crippen LogP contribution in [0.25, 0.3) is 0 Å². The summed E-state index contributed by atoms with van der Waals surface area (Å²) in [5.74, 6) is 0. The number of rotatable bonds is 6. The Morgan fingerprint density at radius 1 is 1.33 bits per heavy atom. The zero-order chi connectivity index (χ0) is 10.9. The highest BCUT2D eigenvalue weighted by Crippen LogP contribution is 2.06. The molecule has 1 rings (SSSR count). The molecule has 0 saturated heterocycles. The first kappa shape index (κ1) is 12.4. The van der Waals surface area contributed by atoms with E-state index in [1.165, 1.54) is 0 Å². The van der Waals surface area contributed by atoms with E-state index in [0.717, 1.165) is 10.9 Å². The second-order valence-electron chi connectivity index (χ2n) is 3.10. The van der Waals surface area contributed by atoms with E-state index in [1.807, 2.05) is 36.4 Å². The highest BCUT2D eigenvalue weighted by Gasteiger charge is 2.02. The van der Waals surface area contributed by atoms with Crippen molar-refractivity contribution in [2.24, 2.45) is 0 Å². The summed E-state index contributed by atoms with van der Waals surface area (Å²) in [4.78, 5) is 0. The normalized spacial score (nSPS) is 13.2. The number of ether oxygens (including phenoxy) is 1. The van der Waals surface area contributed by atoms with E-state index in [-0.39, 0.29) is 12.7 Å². The van der Waals surface area contributed by atoms with Crippen LogP contribution in [-0.2, 0) is 11.3 Å². The molecule has 0 aliphatic rings. The zero-order valence-corrected chi connectivity index (χ0v) is 10.1. The van der Waals surface area contributed by atoms with Crippen molar-refractivity contribution in [3.8, 4) is 0 Å². The summed E-state index contributed by atoms with van der Waals surface area (Å²) in [5, 5.41) is 9.37. The summed E-state index contributed by atoms with van der Waals surface area (Å²) < 4.78 is 5.63. The molecule has 0 bridgehead atoms. The molecule has 0 aliphatic heterocycles. The van der Waals surface area contributed by atoms with Crippen molar-refractivity contribution in [1.29, 1.82) is 0 Å². The van der Waals surface area contributed by atoms with Crippen LogP contribution >= 0.6 is 15.9 Å². The van der Waals surface area contributed by atoms with Gasteiger partial charge >= 0.3 is 0 Å². The average Bonchev–Trinajstić information content (AvgIpc) is 2.31. The highest BCUT2D eigenvalue weighted by atomic mass is 79.9.